The van der Waals surface area contributed by atoms with Gasteiger partial charge in [0.1, 0.15) is 5.69 Å². The van der Waals surface area contributed by atoms with Gasteiger partial charge >= 0.3 is 0 Å². The summed E-state index contributed by atoms with van der Waals surface area (Å²) >= 11 is 6.31. The maximum Gasteiger partial charge on any atom is 0.272 e. The van der Waals surface area contributed by atoms with E-state index in [0.717, 1.165) is 11.1 Å². The molecule has 4 rings (SSSR count). The molecule has 8 nitrogen and oxygen atoms in total. The van der Waals surface area contributed by atoms with Crippen molar-refractivity contribution in [3.8, 4) is 0 Å². The van der Waals surface area contributed by atoms with Crippen molar-refractivity contribution in [3.05, 3.63) is 70.3 Å². The minimum atomic E-state index is -0.718. The van der Waals surface area contributed by atoms with Crippen molar-refractivity contribution < 1.29 is 14.0 Å². The van der Waals surface area contributed by atoms with Crippen LogP contribution in [-0.4, -0.2) is 26.2 Å². The lowest BCUT2D eigenvalue weighted by Gasteiger charge is -2.12. The number of hydrogen-bond donors (Lipinski definition) is 2. The highest BCUT2D eigenvalue weighted by molar-refractivity contribution is 6.31. The number of fused-ring (bicyclic) bond motifs is 1. The summed E-state index contributed by atoms with van der Waals surface area (Å²) in [7, 11) is 1.67. The number of furan rings is 1. The fourth-order valence-corrected chi connectivity index (χ4v) is 3.44. The van der Waals surface area contributed by atoms with Gasteiger partial charge in [-0.25, -0.2) is 0 Å². The summed E-state index contributed by atoms with van der Waals surface area (Å²) in [6, 6.07) is 10.9. The van der Waals surface area contributed by atoms with Crippen molar-refractivity contribution in [2.24, 2.45) is 12.8 Å². The molecule has 3 N–H and O–H groups in total. The number of rotatable bonds is 5. The lowest BCUT2D eigenvalue weighted by molar-refractivity contribution is 0.0995. The molecule has 0 saturated carbocycles. The molecule has 3 aromatic heterocycles. The Bertz CT molecular complexity index is 1250. The van der Waals surface area contributed by atoms with Crippen molar-refractivity contribution in [1.29, 1.82) is 0 Å². The lowest BCUT2D eigenvalue weighted by Crippen LogP contribution is -2.21. The number of benzene rings is 1. The summed E-state index contributed by atoms with van der Waals surface area (Å²) in [4.78, 5) is 24.8. The minimum absolute atomic E-state index is 0.00578. The van der Waals surface area contributed by atoms with Crippen LogP contribution < -0.4 is 11.1 Å². The van der Waals surface area contributed by atoms with E-state index in [4.69, 9.17) is 21.8 Å². The highest BCUT2D eigenvalue weighted by Crippen LogP contribution is 2.26. The van der Waals surface area contributed by atoms with Crippen LogP contribution in [0.5, 0.6) is 0 Å². The molecule has 0 aliphatic heterocycles. The van der Waals surface area contributed by atoms with Crippen LogP contribution in [0.4, 0.5) is 5.69 Å². The number of carbonyl (C=O) groups is 2. The molecule has 0 spiro atoms. The molecular formula is C20H18ClN5O3. The quantitative estimate of drug-likeness (QED) is 0.525. The highest BCUT2D eigenvalue weighted by Gasteiger charge is 2.23. The molecule has 0 saturated heterocycles. The van der Waals surface area contributed by atoms with Gasteiger partial charge in [-0.2, -0.15) is 5.10 Å². The third kappa shape index (κ3) is 3.27. The first-order valence-electron chi connectivity index (χ1n) is 8.81. The van der Waals surface area contributed by atoms with Gasteiger partial charge in [-0.05, 0) is 18.6 Å². The van der Waals surface area contributed by atoms with Crippen LogP contribution >= 0.6 is 11.6 Å². The highest BCUT2D eigenvalue weighted by atomic mass is 35.5. The summed E-state index contributed by atoms with van der Waals surface area (Å²) in [5.74, 6) is -1.13. The second-order valence-corrected chi connectivity index (χ2v) is 7.04. The van der Waals surface area contributed by atoms with Crippen molar-refractivity contribution >= 4 is 40.2 Å². The van der Waals surface area contributed by atoms with Crippen LogP contribution in [0, 0.1) is 6.92 Å². The molecule has 2 amide bonds. The Hall–Kier alpha value is -3.52. The molecule has 0 atom stereocenters. The molecular weight excluding hydrogens is 394 g/mol. The Morgan fingerprint density at radius 2 is 2.03 bits per heavy atom. The molecule has 0 bridgehead atoms. The molecule has 4 aromatic rings. The van der Waals surface area contributed by atoms with Crippen molar-refractivity contribution in [2.45, 2.75) is 13.5 Å². The average molecular weight is 412 g/mol. The third-order valence-electron chi connectivity index (χ3n) is 4.85. The number of primary amides is 1. The van der Waals surface area contributed by atoms with Crippen molar-refractivity contribution in [1.82, 2.24) is 14.3 Å². The zero-order chi connectivity index (χ0) is 20.7. The maximum atomic E-state index is 13.1. The molecule has 1 aromatic carbocycles. The van der Waals surface area contributed by atoms with E-state index in [9.17, 15) is 9.59 Å². The third-order valence-corrected chi connectivity index (χ3v) is 5.22. The summed E-state index contributed by atoms with van der Waals surface area (Å²) in [5.41, 5.74) is 8.85. The molecule has 29 heavy (non-hydrogen) atoms. The molecule has 0 aliphatic rings. The van der Waals surface area contributed by atoms with Crippen LogP contribution in [0.15, 0.2) is 47.1 Å². The number of aryl methyl sites for hydroxylation is 1. The normalized spacial score (nSPS) is 11.1. The number of anilines is 1. The van der Waals surface area contributed by atoms with E-state index in [-0.39, 0.29) is 11.4 Å². The number of halogens is 1. The van der Waals surface area contributed by atoms with Gasteiger partial charge in [0.25, 0.3) is 11.8 Å². The van der Waals surface area contributed by atoms with Gasteiger partial charge in [0.2, 0.25) is 0 Å². The van der Waals surface area contributed by atoms with Gasteiger partial charge in [0.15, 0.2) is 11.3 Å². The largest absolute Gasteiger partial charge is 0.463 e. The van der Waals surface area contributed by atoms with Crippen LogP contribution in [0.3, 0.4) is 0 Å². The number of nitrogens with two attached hydrogens (primary N) is 1. The SMILES string of the molecule is Cc1c(NC(=O)c2cc3occc3n2Cc2ccccc2Cl)c(C(N)=O)nn1C. The van der Waals surface area contributed by atoms with E-state index in [0.29, 0.717) is 28.5 Å². The van der Waals surface area contributed by atoms with E-state index in [1.54, 1.807) is 38.4 Å². The predicted octanol–water partition coefficient (Wildman–Crippen LogP) is 3.33. The second-order valence-electron chi connectivity index (χ2n) is 6.63. The molecule has 0 aliphatic carbocycles. The lowest BCUT2D eigenvalue weighted by atomic mass is 10.2. The van der Waals surface area contributed by atoms with Crippen LogP contribution in [0.25, 0.3) is 11.1 Å². The van der Waals surface area contributed by atoms with E-state index in [2.05, 4.69) is 10.4 Å². The first-order valence-corrected chi connectivity index (χ1v) is 9.19. The van der Waals surface area contributed by atoms with E-state index in [1.807, 2.05) is 22.8 Å². The summed E-state index contributed by atoms with van der Waals surface area (Å²) < 4.78 is 8.77. The Labute approximate surface area is 170 Å². The van der Waals surface area contributed by atoms with Gasteiger partial charge in [0.05, 0.1) is 23.2 Å². The number of nitrogens with one attached hydrogen (secondary N) is 1. The monoisotopic (exact) mass is 411 g/mol. The molecule has 148 valence electrons. The maximum absolute atomic E-state index is 13.1. The molecule has 0 fully saturated rings. The van der Waals surface area contributed by atoms with Crippen LogP contribution in [-0.2, 0) is 13.6 Å². The zero-order valence-corrected chi connectivity index (χ0v) is 16.5. The molecule has 9 heteroatoms. The van der Waals surface area contributed by atoms with Gasteiger partial charge in [-0.3, -0.25) is 14.3 Å². The standard InChI is InChI=1S/C20H18ClN5O3/c1-11-17(18(19(22)27)24-25(11)2)23-20(28)15-9-16-14(7-8-29-16)26(15)10-12-5-3-4-6-13(12)21/h3-9H,10H2,1-2H3,(H2,22,27)(H,23,28). The van der Waals surface area contributed by atoms with Crippen molar-refractivity contribution in [2.75, 3.05) is 5.32 Å². The Morgan fingerprint density at radius 1 is 1.28 bits per heavy atom. The van der Waals surface area contributed by atoms with Gasteiger partial charge < -0.3 is 20.0 Å². The van der Waals surface area contributed by atoms with Gasteiger partial charge in [-0.15, -0.1) is 0 Å². The van der Waals surface area contributed by atoms with Crippen molar-refractivity contribution in [3.63, 3.8) is 0 Å². The fraction of sp³-hybridized carbons (Fsp3) is 0.150. The number of aromatic nitrogens is 3. The Morgan fingerprint density at radius 3 is 2.76 bits per heavy atom. The van der Waals surface area contributed by atoms with Gasteiger partial charge in [-0.1, -0.05) is 29.8 Å². The minimum Gasteiger partial charge on any atom is -0.463 e. The van der Waals surface area contributed by atoms with Crippen LogP contribution in [0.2, 0.25) is 5.02 Å². The predicted molar refractivity (Wildman–Crippen MR) is 109 cm³/mol. The summed E-state index contributed by atoms with van der Waals surface area (Å²) in [5, 5.41) is 7.45. The second kappa shape index (κ2) is 7.14. The smallest absolute Gasteiger partial charge is 0.272 e. The zero-order valence-electron chi connectivity index (χ0n) is 15.8. The molecule has 0 radical (unpaired) electrons. The number of carbonyl (C=O) groups excluding carboxylic acids is 2. The average Bonchev–Trinajstić information content (AvgIpc) is 3.34. The van der Waals surface area contributed by atoms with E-state index in [1.165, 1.54) is 4.68 Å². The summed E-state index contributed by atoms with van der Waals surface area (Å²) in [6.45, 7) is 2.11. The van der Waals surface area contributed by atoms with Gasteiger partial charge in [0, 0.05) is 30.7 Å². The Kier molecular flexibility index (Phi) is 4.63. The number of nitrogens with zero attached hydrogens (tertiary/aromatic N) is 3. The van der Waals surface area contributed by atoms with E-state index < -0.39 is 11.8 Å². The van der Waals surface area contributed by atoms with Crippen LogP contribution in [0.1, 0.15) is 32.2 Å². The van der Waals surface area contributed by atoms with E-state index >= 15 is 0 Å². The Balaban J connectivity index is 1.75. The first-order chi connectivity index (χ1) is 13.9. The topological polar surface area (TPSA) is 108 Å². The molecule has 3 heterocycles. The first kappa shape index (κ1) is 18.8. The summed E-state index contributed by atoms with van der Waals surface area (Å²) in [6.07, 6.45) is 1.56. The number of amides is 2. The fourth-order valence-electron chi connectivity index (χ4n) is 3.24. The molecule has 0 unspecified atom stereocenters. The number of hydrogen-bond acceptors (Lipinski definition) is 4.